The van der Waals surface area contributed by atoms with Gasteiger partial charge in [-0.2, -0.15) is 0 Å². The number of carbonyl (C=O) groups is 1. The molecular formula is C22H26N6O2. The molecule has 0 bridgehead atoms. The van der Waals surface area contributed by atoms with Crippen LogP contribution in [0.4, 0.5) is 11.5 Å². The molecule has 4 rings (SSSR count). The Bertz CT molecular complexity index is 993. The summed E-state index contributed by atoms with van der Waals surface area (Å²) in [5.41, 5.74) is 0.998. The van der Waals surface area contributed by atoms with Gasteiger partial charge in [0.25, 0.3) is 5.91 Å². The van der Waals surface area contributed by atoms with E-state index < -0.39 is 0 Å². The van der Waals surface area contributed by atoms with Crippen LogP contribution < -0.4 is 15.0 Å². The van der Waals surface area contributed by atoms with Crippen molar-refractivity contribution in [2.45, 2.75) is 26.7 Å². The van der Waals surface area contributed by atoms with Gasteiger partial charge in [0.15, 0.2) is 0 Å². The minimum Gasteiger partial charge on any atom is -0.494 e. The predicted molar refractivity (Wildman–Crippen MR) is 115 cm³/mol. The minimum atomic E-state index is -0.280. The van der Waals surface area contributed by atoms with Crippen molar-refractivity contribution in [1.82, 2.24) is 19.5 Å². The summed E-state index contributed by atoms with van der Waals surface area (Å²) >= 11 is 0. The van der Waals surface area contributed by atoms with E-state index in [9.17, 15) is 4.79 Å². The van der Waals surface area contributed by atoms with Crippen molar-refractivity contribution >= 4 is 17.4 Å². The van der Waals surface area contributed by atoms with E-state index in [0.29, 0.717) is 23.8 Å². The summed E-state index contributed by atoms with van der Waals surface area (Å²) in [6, 6.07) is 9.18. The van der Waals surface area contributed by atoms with Gasteiger partial charge < -0.3 is 15.0 Å². The lowest BCUT2D eigenvalue weighted by atomic mass is 9.99. The number of carbonyl (C=O) groups excluding carboxylic acids is 1. The molecule has 8 heteroatoms. The molecule has 0 saturated carbocycles. The van der Waals surface area contributed by atoms with Gasteiger partial charge in [0.05, 0.1) is 6.61 Å². The highest BCUT2D eigenvalue weighted by Crippen LogP contribution is 2.22. The lowest BCUT2D eigenvalue weighted by Gasteiger charge is -2.31. The zero-order valence-electron chi connectivity index (χ0n) is 17.3. The highest BCUT2D eigenvalue weighted by molar-refractivity contribution is 6.02. The number of nitrogens with zero attached hydrogens (tertiary/aromatic N) is 5. The quantitative estimate of drug-likeness (QED) is 0.674. The summed E-state index contributed by atoms with van der Waals surface area (Å²) in [6.45, 7) is 6.81. The van der Waals surface area contributed by atoms with Crippen molar-refractivity contribution in [3.8, 4) is 11.6 Å². The Hall–Kier alpha value is -3.42. The highest BCUT2D eigenvalue weighted by Gasteiger charge is 2.18. The van der Waals surface area contributed by atoms with E-state index in [1.807, 2.05) is 25.1 Å². The standard InChI is InChI=1S/C22H26N6O2/c1-3-30-18-6-4-17(5-7-18)26-22(29)19-13-28(15-25-19)21-12-20(23-14-24-21)27-10-8-16(2)9-11-27/h4-7,12-16H,3,8-11H2,1-2H3,(H,26,29). The van der Waals surface area contributed by atoms with Crippen LogP contribution in [0.5, 0.6) is 5.75 Å². The normalized spacial score (nSPS) is 14.5. The average Bonchev–Trinajstić information content (AvgIpc) is 3.27. The van der Waals surface area contributed by atoms with E-state index in [-0.39, 0.29) is 5.91 Å². The first-order valence-corrected chi connectivity index (χ1v) is 10.3. The molecule has 1 fully saturated rings. The van der Waals surface area contributed by atoms with Crippen LogP contribution in [0.25, 0.3) is 5.82 Å². The van der Waals surface area contributed by atoms with Crippen LogP contribution in [-0.2, 0) is 0 Å². The number of anilines is 2. The number of benzene rings is 1. The van der Waals surface area contributed by atoms with Gasteiger partial charge in [0.1, 0.15) is 35.7 Å². The second-order valence-corrected chi connectivity index (χ2v) is 7.48. The van der Waals surface area contributed by atoms with E-state index in [1.54, 1.807) is 35.6 Å². The fourth-order valence-corrected chi connectivity index (χ4v) is 3.45. The summed E-state index contributed by atoms with van der Waals surface area (Å²) < 4.78 is 7.16. The van der Waals surface area contributed by atoms with Crippen LogP contribution in [-0.4, -0.2) is 45.1 Å². The Kier molecular flexibility index (Phi) is 5.92. The summed E-state index contributed by atoms with van der Waals surface area (Å²) in [6.07, 6.45) is 7.16. The summed E-state index contributed by atoms with van der Waals surface area (Å²) in [5.74, 6) is 2.83. The molecule has 8 nitrogen and oxygen atoms in total. The fraction of sp³-hybridized carbons (Fsp3) is 0.364. The van der Waals surface area contributed by atoms with E-state index >= 15 is 0 Å². The molecule has 3 aromatic rings. The molecular weight excluding hydrogens is 380 g/mol. The third-order valence-electron chi connectivity index (χ3n) is 5.25. The Morgan fingerprint density at radius 1 is 1.13 bits per heavy atom. The molecule has 156 valence electrons. The monoisotopic (exact) mass is 406 g/mol. The number of hydrogen-bond donors (Lipinski definition) is 1. The zero-order chi connectivity index (χ0) is 20.9. The van der Waals surface area contributed by atoms with Gasteiger partial charge in [0, 0.05) is 31.0 Å². The topological polar surface area (TPSA) is 85.2 Å². The van der Waals surface area contributed by atoms with E-state index in [1.165, 1.54) is 12.8 Å². The van der Waals surface area contributed by atoms with Crippen molar-refractivity contribution in [2.24, 2.45) is 5.92 Å². The first kappa shape index (κ1) is 19.9. The fourth-order valence-electron chi connectivity index (χ4n) is 3.45. The molecule has 30 heavy (non-hydrogen) atoms. The maximum Gasteiger partial charge on any atom is 0.275 e. The maximum atomic E-state index is 12.6. The van der Waals surface area contributed by atoms with Crippen LogP contribution in [0.1, 0.15) is 37.2 Å². The third kappa shape index (κ3) is 4.59. The first-order valence-electron chi connectivity index (χ1n) is 10.3. The van der Waals surface area contributed by atoms with Gasteiger partial charge in [-0.05, 0) is 49.9 Å². The number of rotatable bonds is 6. The van der Waals surface area contributed by atoms with Gasteiger partial charge in [-0.25, -0.2) is 15.0 Å². The second-order valence-electron chi connectivity index (χ2n) is 7.48. The predicted octanol–water partition coefficient (Wildman–Crippen LogP) is 3.55. The largest absolute Gasteiger partial charge is 0.494 e. The Balaban J connectivity index is 1.44. The van der Waals surface area contributed by atoms with Gasteiger partial charge in [-0.1, -0.05) is 6.92 Å². The van der Waals surface area contributed by atoms with Crippen LogP contribution >= 0.6 is 0 Å². The summed E-state index contributed by atoms with van der Waals surface area (Å²) in [7, 11) is 0. The molecule has 3 heterocycles. The minimum absolute atomic E-state index is 0.280. The van der Waals surface area contributed by atoms with Gasteiger partial charge in [-0.3, -0.25) is 9.36 Å². The molecule has 1 saturated heterocycles. The smallest absolute Gasteiger partial charge is 0.275 e. The summed E-state index contributed by atoms with van der Waals surface area (Å²) in [5, 5.41) is 2.85. The molecule has 2 aromatic heterocycles. The number of nitrogens with one attached hydrogen (secondary N) is 1. The van der Waals surface area contributed by atoms with Crippen molar-refractivity contribution in [3.63, 3.8) is 0 Å². The number of imidazole rings is 1. The SMILES string of the molecule is CCOc1ccc(NC(=O)c2cn(-c3cc(N4CCC(C)CC4)ncn3)cn2)cc1. The van der Waals surface area contributed by atoms with E-state index in [4.69, 9.17) is 4.74 Å². The first-order chi connectivity index (χ1) is 14.6. The number of amides is 1. The summed E-state index contributed by atoms with van der Waals surface area (Å²) in [4.78, 5) is 27.8. The Morgan fingerprint density at radius 3 is 2.60 bits per heavy atom. The van der Waals surface area contributed by atoms with Crippen molar-refractivity contribution in [1.29, 1.82) is 0 Å². The molecule has 0 aliphatic carbocycles. The molecule has 0 atom stereocenters. The second kappa shape index (κ2) is 8.94. The molecule has 1 amide bonds. The lowest BCUT2D eigenvalue weighted by molar-refractivity contribution is 0.102. The molecule has 1 aliphatic heterocycles. The number of piperidine rings is 1. The highest BCUT2D eigenvalue weighted by atomic mass is 16.5. The Labute approximate surface area is 175 Å². The molecule has 0 unspecified atom stereocenters. The molecule has 0 radical (unpaired) electrons. The van der Waals surface area contributed by atoms with Crippen LogP contribution in [0.3, 0.4) is 0 Å². The third-order valence-corrected chi connectivity index (χ3v) is 5.25. The zero-order valence-corrected chi connectivity index (χ0v) is 17.3. The van der Waals surface area contributed by atoms with Gasteiger partial charge >= 0.3 is 0 Å². The number of hydrogen-bond acceptors (Lipinski definition) is 6. The van der Waals surface area contributed by atoms with Gasteiger partial charge in [-0.15, -0.1) is 0 Å². The molecule has 1 N–H and O–H groups in total. The van der Waals surface area contributed by atoms with Crippen molar-refractivity contribution < 1.29 is 9.53 Å². The van der Waals surface area contributed by atoms with Gasteiger partial charge in [0.2, 0.25) is 0 Å². The van der Waals surface area contributed by atoms with E-state index in [2.05, 4.69) is 32.1 Å². The maximum absolute atomic E-state index is 12.6. The molecule has 0 spiro atoms. The Morgan fingerprint density at radius 2 is 1.87 bits per heavy atom. The van der Waals surface area contributed by atoms with Crippen LogP contribution in [0.2, 0.25) is 0 Å². The molecule has 1 aliphatic rings. The lowest BCUT2D eigenvalue weighted by Crippen LogP contribution is -2.33. The number of ether oxygens (including phenoxy) is 1. The van der Waals surface area contributed by atoms with Crippen LogP contribution in [0.15, 0.2) is 49.2 Å². The van der Waals surface area contributed by atoms with Crippen molar-refractivity contribution in [2.75, 3.05) is 29.9 Å². The van der Waals surface area contributed by atoms with E-state index in [0.717, 1.165) is 30.6 Å². The number of aromatic nitrogens is 4. The molecule has 1 aromatic carbocycles. The average molecular weight is 406 g/mol. The van der Waals surface area contributed by atoms with Crippen LogP contribution in [0, 0.1) is 5.92 Å². The van der Waals surface area contributed by atoms with Crippen molar-refractivity contribution in [3.05, 3.63) is 54.9 Å².